The van der Waals surface area contributed by atoms with Crippen LogP contribution in [0.15, 0.2) is 18.2 Å². The summed E-state index contributed by atoms with van der Waals surface area (Å²) in [7, 11) is 0. The highest BCUT2D eigenvalue weighted by Crippen LogP contribution is 2.40. The van der Waals surface area contributed by atoms with Crippen molar-refractivity contribution in [3.05, 3.63) is 34.9 Å². The molecule has 2 aromatic rings. The Morgan fingerprint density at radius 3 is 2.33 bits per heavy atom. The number of ether oxygens (including phenoxy) is 2. The molecule has 162 valence electrons. The topological polar surface area (TPSA) is 174 Å². The van der Waals surface area contributed by atoms with Gasteiger partial charge < -0.3 is 40.1 Å². The van der Waals surface area contributed by atoms with E-state index in [1.54, 1.807) is 6.92 Å². The second-order valence-electron chi connectivity index (χ2n) is 7.17. The third kappa shape index (κ3) is 3.71. The first kappa shape index (κ1) is 21.9. The first-order chi connectivity index (χ1) is 14.1. The van der Waals surface area contributed by atoms with Gasteiger partial charge in [-0.05, 0) is 36.9 Å². The van der Waals surface area contributed by atoms with Crippen LogP contribution in [0.25, 0.3) is 10.8 Å². The summed E-state index contributed by atoms with van der Waals surface area (Å²) in [6.45, 7) is 2.17. The SMILES string of the molecule is CC(=O)c1c(C)cc2cc(C(=O)O)cc(OC3OC(CO)C(O)C(O)C3O)c2c1O. The maximum atomic E-state index is 12.0. The number of aromatic carboxylic acids is 1. The molecule has 5 unspecified atom stereocenters. The molecule has 1 saturated heterocycles. The van der Waals surface area contributed by atoms with Gasteiger partial charge in [-0.2, -0.15) is 0 Å². The molecule has 0 aliphatic carbocycles. The van der Waals surface area contributed by atoms with Crippen LogP contribution in [0.3, 0.4) is 0 Å². The molecule has 1 heterocycles. The Labute approximate surface area is 170 Å². The number of carboxylic acid groups (broad SMARTS) is 1. The fourth-order valence-electron chi connectivity index (χ4n) is 3.57. The smallest absolute Gasteiger partial charge is 0.335 e. The zero-order valence-corrected chi connectivity index (χ0v) is 16.1. The molecule has 0 saturated carbocycles. The number of carbonyl (C=O) groups is 2. The summed E-state index contributed by atoms with van der Waals surface area (Å²) in [4.78, 5) is 23.5. The van der Waals surface area contributed by atoms with Crippen molar-refractivity contribution in [1.82, 2.24) is 0 Å². The van der Waals surface area contributed by atoms with Crippen LogP contribution in [0, 0.1) is 6.92 Å². The summed E-state index contributed by atoms with van der Waals surface area (Å²) < 4.78 is 10.9. The number of ketones is 1. The lowest BCUT2D eigenvalue weighted by Crippen LogP contribution is -2.60. The largest absolute Gasteiger partial charge is 0.506 e. The number of carboxylic acids is 1. The third-order valence-electron chi connectivity index (χ3n) is 5.06. The van der Waals surface area contributed by atoms with E-state index in [1.165, 1.54) is 19.1 Å². The standard InChI is InChI=1S/C20H22O10/c1-7-3-9-4-10(19(27)28)5-11(14(9)16(24)13(7)8(2)22)29-20-18(26)17(25)15(23)12(6-21)30-20/h3-5,12,15,17-18,20-21,23-26H,6H2,1-2H3,(H,27,28). The Bertz CT molecular complexity index is 999. The van der Waals surface area contributed by atoms with Crippen LogP contribution in [-0.4, -0.2) is 79.7 Å². The maximum Gasteiger partial charge on any atom is 0.335 e. The lowest BCUT2D eigenvalue weighted by molar-refractivity contribution is -0.277. The highest BCUT2D eigenvalue weighted by molar-refractivity contribution is 6.08. The zero-order valence-electron chi connectivity index (χ0n) is 16.1. The fraction of sp³-hybridized carbons (Fsp3) is 0.400. The molecular formula is C20H22O10. The Kier molecular flexibility index (Phi) is 5.97. The number of phenols is 1. The van der Waals surface area contributed by atoms with E-state index < -0.39 is 54.8 Å². The lowest BCUT2D eigenvalue weighted by atomic mass is 9.95. The van der Waals surface area contributed by atoms with Gasteiger partial charge in [0.2, 0.25) is 6.29 Å². The third-order valence-corrected chi connectivity index (χ3v) is 5.06. The molecule has 0 aromatic heterocycles. The van der Waals surface area contributed by atoms with Gasteiger partial charge in [0.1, 0.15) is 35.9 Å². The number of Topliss-reactive ketones (excluding diaryl/α,β-unsaturated/α-hetero) is 1. The Morgan fingerprint density at radius 2 is 1.77 bits per heavy atom. The van der Waals surface area contributed by atoms with E-state index in [0.717, 1.165) is 6.07 Å². The van der Waals surface area contributed by atoms with Gasteiger partial charge in [0.25, 0.3) is 0 Å². The maximum absolute atomic E-state index is 12.0. The average molecular weight is 422 g/mol. The molecule has 3 rings (SSSR count). The number of phenolic OH excluding ortho intramolecular Hbond substituents is 1. The number of aliphatic hydroxyl groups excluding tert-OH is 4. The minimum absolute atomic E-state index is 0.00719. The van der Waals surface area contributed by atoms with Crippen LogP contribution in [0.1, 0.15) is 33.2 Å². The molecule has 0 radical (unpaired) electrons. The van der Waals surface area contributed by atoms with Gasteiger partial charge in [-0.3, -0.25) is 4.79 Å². The van der Waals surface area contributed by atoms with Gasteiger partial charge in [0, 0.05) is 0 Å². The number of hydrogen-bond acceptors (Lipinski definition) is 9. The highest BCUT2D eigenvalue weighted by atomic mass is 16.7. The first-order valence-corrected chi connectivity index (χ1v) is 9.08. The van der Waals surface area contributed by atoms with Crippen molar-refractivity contribution in [3.63, 3.8) is 0 Å². The number of carbonyl (C=O) groups excluding carboxylic acids is 1. The molecule has 10 heteroatoms. The molecule has 0 spiro atoms. The number of hydrogen-bond donors (Lipinski definition) is 6. The van der Waals surface area contributed by atoms with E-state index in [-0.39, 0.29) is 27.6 Å². The summed E-state index contributed by atoms with van der Waals surface area (Å²) in [5.41, 5.74) is 0.245. The average Bonchev–Trinajstić information content (AvgIpc) is 2.67. The minimum atomic E-state index is -1.74. The van der Waals surface area contributed by atoms with Gasteiger partial charge in [-0.1, -0.05) is 6.07 Å². The van der Waals surface area contributed by atoms with Crippen molar-refractivity contribution in [2.75, 3.05) is 6.61 Å². The number of aryl methyl sites for hydroxylation is 1. The zero-order chi connectivity index (χ0) is 22.3. The van der Waals surface area contributed by atoms with Crippen molar-refractivity contribution < 1.29 is 49.7 Å². The van der Waals surface area contributed by atoms with Crippen LogP contribution in [0.5, 0.6) is 11.5 Å². The van der Waals surface area contributed by atoms with Gasteiger partial charge in [0.05, 0.1) is 23.1 Å². The summed E-state index contributed by atoms with van der Waals surface area (Å²) in [5, 5.41) is 59.8. The highest BCUT2D eigenvalue weighted by Gasteiger charge is 2.45. The molecule has 0 bridgehead atoms. The van der Waals surface area contributed by atoms with E-state index in [1.807, 2.05) is 0 Å². The number of rotatable bonds is 5. The molecule has 10 nitrogen and oxygen atoms in total. The molecule has 1 aliphatic heterocycles. The van der Waals surface area contributed by atoms with Gasteiger partial charge in [-0.25, -0.2) is 4.79 Å². The second-order valence-corrected chi connectivity index (χ2v) is 7.17. The lowest BCUT2D eigenvalue weighted by Gasteiger charge is -2.39. The van der Waals surface area contributed by atoms with Crippen molar-refractivity contribution in [3.8, 4) is 11.5 Å². The van der Waals surface area contributed by atoms with E-state index in [4.69, 9.17) is 9.47 Å². The summed E-state index contributed by atoms with van der Waals surface area (Å²) in [6.07, 6.45) is -7.91. The number of aliphatic hydroxyl groups is 4. The van der Waals surface area contributed by atoms with E-state index in [2.05, 4.69) is 0 Å². The predicted molar refractivity (Wildman–Crippen MR) is 102 cm³/mol. The fourth-order valence-corrected chi connectivity index (χ4v) is 3.57. The van der Waals surface area contributed by atoms with Crippen LogP contribution < -0.4 is 4.74 Å². The monoisotopic (exact) mass is 422 g/mol. The molecule has 30 heavy (non-hydrogen) atoms. The van der Waals surface area contributed by atoms with Crippen molar-refractivity contribution >= 4 is 22.5 Å². The predicted octanol–water partition coefficient (Wildman–Crippen LogP) is -0.0667. The second kappa shape index (κ2) is 8.17. The summed E-state index contributed by atoms with van der Waals surface area (Å²) in [6, 6.07) is 3.87. The van der Waals surface area contributed by atoms with E-state index in [9.17, 15) is 40.2 Å². The van der Waals surface area contributed by atoms with Crippen molar-refractivity contribution in [2.24, 2.45) is 0 Å². The molecule has 2 aromatic carbocycles. The van der Waals surface area contributed by atoms with E-state index >= 15 is 0 Å². The number of benzene rings is 2. The molecule has 1 fully saturated rings. The minimum Gasteiger partial charge on any atom is -0.506 e. The van der Waals surface area contributed by atoms with Crippen LogP contribution in [-0.2, 0) is 4.74 Å². The molecule has 5 atom stereocenters. The quantitative estimate of drug-likeness (QED) is 0.358. The van der Waals surface area contributed by atoms with Gasteiger partial charge in [-0.15, -0.1) is 0 Å². The van der Waals surface area contributed by atoms with Crippen LogP contribution in [0.4, 0.5) is 0 Å². The summed E-state index contributed by atoms with van der Waals surface area (Å²) >= 11 is 0. The molecule has 0 amide bonds. The molecular weight excluding hydrogens is 400 g/mol. The van der Waals surface area contributed by atoms with E-state index in [0.29, 0.717) is 5.56 Å². The van der Waals surface area contributed by atoms with Crippen LogP contribution in [0.2, 0.25) is 0 Å². The van der Waals surface area contributed by atoms with Crippen LogP contribution >= 0.6 is 0 Å². The van der Waals surface area contributed by atoms with Gasteiger partial charge >= 0.3 is 5.97 Å². The Morgan fingerprint density at radius 1 is 1.10 bits per heavy atom. The number of fused-ring (bicyclic) bond motifs is 1. The normalized spacial score (nSPS) is 26.5. The van der Waals surface area contributed by atoms with Crippen molar-refractivity contribution in [1.29, 1.82) is 0 Å². The molecule has 6 N–H and O–H groups in total. The summed E-state index contributed by atoms with van der Waals surface area (Å²) in [5.74, 6) is -2.38. The Balaban J connectivity index is 2.17. The Hall–Kier alpha value is -2.76. The first-order valence-electron chi connectivity index (χ1n) is 9.08. The van der Waals surface area contributed by atoms with Crippen molar-refractivity contribution in [2.45, 2.75) is 44.6 Å². The number of aromatic hydroxyl groups is 1. The molecule has 1 aliphatic rings. The van der Waals surface area contributed by atoms with Gasteiger partial charge in [0.15, 0.2) is 5.78 Å².